The lowest BCUT2D eigenvalue weighted by Gasteiger charge is -2.18. The summed E-state index contributed by atoms with van der Waals surface area (Å²) in [6.07, 6.45) is 2.34. The van der Waals surface area contributed by atoms with Crippen LogP contribution in [0.5, 0.6) is 0 Å². The summed E-state index contributed by atoms with van der Waals surface area (Å²) in [5.41, 5.74) is 4.79. The SMILES string of the molecule is Fc1ccc(-c2ccc3c(c2)NCCC3)cc1. The van der Waals surface area contributed by atoms with Crippen LogP contribution in [-0.2, 0) is 6.42 Å². The van der Waals surface area contributed by atoms with Gasteiger partial charge < -0.3 is 5.32 Å². The summed E-state index contributed by atoms with van der Waals surface area (Å²) in [5.74, 6) is -0.190. The Labute approximate surface area is 100 Å². The van der Waals surface area contributed by atoms with E-state index in [9.17, 15) is 4.39 Å². The van der Waals surface area contributed by atoms with Crippen LogP contribution >= 0.6 is 0 Å². The van der Waals surface area contributed by atoms with Crippen molar-refractivity contribution in [1.82, 2.24) is 0 Å². The third-order valence-corrected chi connectivity index (χ3v) is 3.23. The molecule has 0 unspecified atom stereocenters. The summed E-state index contributed by atoms with van der Waals surface area (Å²) in [4.78, 5) is 0. The molecular formula is C15H14FN. The third-order valence-electron chi connectivity index (χ3n) is 3.23. The summed E-state index contributed by atoms with van der Waals surface area (Å²) in [6.45, 7) is 1.04. The highest BCUT2D eigenvalue weighted by Crippen LogP contribution is 2.28. The summed E-state index contributed by atoms with van der Waals surface area (Å²) in [7, 11) is 0. The lowest BCUT2D eigenvalue weighted by atomic mass is 9.98. The van der Waals surface area contributed by atoms with Gasteiger partial charge in [-0.2, -0.15) is 0 Å². The van der Waals surface area contributed by atoms with Crippen LogP contribution in [-0.4, -0.2) is 6.54 Å². The van der Waals surface area contributed by atoms with Crippen LogP contribution in [0.2, 0.25) is 0 Å². The monoisotopic (exact) mass is 227 g/mol. The maximum Gasteiger partial charge on any atom is 0.123 e. The molecule has 0 amide bonds. The normalized spacial score (nSPS) is 13.9. The first-order chi connectivity index (χ1) is 8.33. The molecule has 0 atom stereocenters. The van der Waals surface area contributed by atoms with Gasteiger partial charge >= 0.3 is 0 Å². The zero-order chi connectivity index (χ0) is 11.7. The quantitative estimate of drug-likeness (QED) is 0.780. The number of rotatable bonds is 1. The predicted octanol–water partition coefficient (Wildman–Crippen LogP) is 3.85. The minimum Gasteiger partial charge on any atom is -0.385 e. The van der Waals surface area contributed by atoms with Gasteiger partial charge in [-0.3, -0.25) is 0 Å². The van der Waals surface area contributed by atoms with Gasteiger partial charge in [-0.05, 0) is 47.7 Å². The van der Waals surface area contributed by atoms with Gasteiger partial charge in [0, 0.05) is 12.2 Å². The molecule has 3 rings (SSSR count). The van der Waals surface area contributed by atoms with Crippen LogP contribution in [0.15, 0.2) is 42.5 Å². The number of halogens is 1. The van der Waals surface area contributed by atoms with Crippen LogP contribution < -0.4 is 5.32 Å². The van der Waals surface area contributed by atoms with Crippen LogP contribution in [0.1, 0.15) is 12.0 Å². The van der Waals surface area contributed by atoms with Gasteiger partial charge in [0.1, 0.15) is 5.82 Å². The minimum atomic E-state index is -0.190. The second kappa shape index (κ2) is 4.21. The predicted molar refractivity (Wildman–Crippen MR) is 68.6 cm³/mol. The van der Waals surface area contributed by atoms with Crippen molar-refractivity contribution in [1.29, 1.82) is 0 Å². The van der Waals surface area contributed by atoms with E-state index >= 15 is 0 Å². The Morgan fingerprint density at radius 2 is 1.71 bits per heavy atom. The van der Waals surface area contributed by atoms with E-state index in [0.29, 0.717) is 0 Å². The van der Waals surface area contributed by atoms with Crippen LogP contribution in [0, 0.1) is 5.82 Å². The Kier molecular flexibility index (Phi) is 2.56. The highest BCUT2D eigenvalue weighted by Gasteiger charge is 2.09. The molecule has 0 aliphatic carbocycles. The van der Waals surface area contributed by atoms with E-state index in [0.717, 1.165) is 24.1 Å². The van der Waals surface area contributed by atoms with E-state index in [1.165, 1.54) is 29.8 Å². The van der Waals surface area contributed by atoms with E-state index in [4.69, 9.17) is 0 Å². The van der Waals surface area contributed by atoms with E-state index in [2.05, 4.69) is 23.5 Å². The van der Waals surface area contributed by atoms with Crippen molar-refractivity contribution in [2.75, 3.05) is 11.9 Å². The van der Waals surface area contributed by atoms with Crippen molar-refractivity contribution in [2.45, 2.75) is 12.8 Å². The number of hydrogen-bond donors (Lipinski definition) is 1. The van der Waals surface area contributed by atoms with Crippen molar-refractivity contribution in [2.24, 2.45) is 0 Å². The number of anilines is 1. The highest BCUT2D eigenvalue weighted by atomic mass is 19.1. The van der Waals surface area contributed by atoms with Crippen LogP contribution in [0.25, 0.3) is 11.1 Å². The van der Waals surface area contributed by atoms with Gasteiger partial charge in [-0.1, -0.05) is 24.3 Å². The van der Waals surface area contributed by atoms with Gasteiger partial charge in [0.2, 0.25) is 0 Å². The van der Waals surface area contributed by atoms with Gasteiger partial charge in [0.25, 0.3) is 0 Å². The summed E-state index contributed by atoms with van der Waals surface area (Å²) >= 11 is 0. The number of hydrogen-bond acceptors (Lipinski definition) is 1. The van der Waals surface area contributed by atoms with Crippen molar-refractivity contribution in [3.8, 4) is 11.1 Å². The second-order valence-electron chi connectivity index (χ2n) is 4.41. The molecule has 86 valence electrons. The van der Waals surface area contributed by atoms with Gasteiger partial charge in [-0.25, -0.2) is 4.39 Å². The Balaban J connectivity index is 2.01. The molecule has 0 fully saturated rings. The molecule has 2 aromatic rings. The molecule has 2 heteroatoms. The molecule has 1 nitrogen and oxygen atoms in total. The number of nitrogens with one attached hydrogen (secondary N) is 1. The smallest absolute Gasteiger partial charge is 0.123 e. The Bertz CT molecular complexity index is 531. The molecule has 1 aliphatic rings. The van der Waals surface area contributed by atoms with Gasteiger partial charge in [0.05, 0.1) is 0 Å². The molecule has 17 heavy (non-hydrogen) atoms. The van der Waals surface area contributed by atoms with Crippen molar-refractivity contribution in [3.63, 3.8) is 0 Å². The Morgan fingerprint density at radius 1 is 0.941 bits per heavy atom. The molecular weight excluding hydrogens is 213 g/mol. The molecule has 0 saturated carbocycles. The van der Waals surface area contributed by atoms with Crippen LogP contribution in [0.4, 0.5) is 10.1 Å². The molecule has 1 heterocycles. The zero-order valence-corrected chi connectivity index (χ0v) is 9.54. The fourth-order valence-electron chi connectivity index (χ4n) is 2.28. The third kappa shape index (κ3) is 2.03. The fourth-order valence-corrected chi connectivity index (χ4v) is 2.28. The van der Waals surface area contributed by atoms with E-state index in [1.807, 2.05) is 12.1 Å². The van der Waals surface area contributed by atoms with Crippen molar-refractivity contribution < 1.29 is 4.39 Å². The molecule has 0 saturated heterocycles. The maximum absolute atomic E-state index is 12.9. The van der Waals surface area contributed by atoms with Crippen molar-refractivity contribution >= 4 is 5.69 Å². The molecule has 0 bridgehead atoms. The summed E-state index contributed by atoms with van der Waals surface area (Å²) < 4.78 is 12.9. The zero-order valence-electron chi connectivity index (χ0n) is 9.54. The highest BCUT2D eigenvalue weighted by molar-refractivity contribution is 5.70. The van der Waals surface area contributed by atoms with E-state index in [1.54, 1.807) is 0 Å². The fraction of sp³-hybridized carbons (Fsp3) is 0.200. The van der Waals surface area contributed by atoms with E-state index in [-0.39, 0.29) is 5.82 Å². The first-order valence-electron chi connectivity index (χ1n) is 5.96. The average molecular weight is 227 g/mol. The van der Waals surface area contributed by atoms with Gasteiger partial charge in [-0.15, -0.1) is 0 Å². The van der Waals surface area contributed by atoms with E-state index < -0.39 is 0 Å². The molecule has 0 aromatic heterocycles. The molecule has 0 spiro atoms. The lowest BCUT2D eigenvalue weighted by Crippen LogP contribution is -2.11. The number of aryl methyl sites for hydroxylation is 1. The molecule has 1 N–H and O–H groups in total. The van der Waals surface area contributed by atoms with Crippen molar-refractivity contribution in [3.05, 3.63) is 53.8 Å². The maximum atomic E-state index is 12.9. The average Bonchev–Trinajstić information content (AvgIpc) is 2.39. The first-order valence-corrected chi connectivity index (χ1v) is 5.96. The largest absolute Gasteiger partial charge is 0.385 e. The molecule has 0 radical (unpaired) electrons. The molecule has 1 aliphatic heterocycles. The molecule has 2 aromatic carbocycles. The summed E-state index contributed by atoms with van der Waals surface area (Å²) in [5, 5.41) is 3.41. The number of benzene rings is 2. The van der Waals surface area contributed by atoms with Gasteiger partial charge in [0.15, 0.2) is 0 Å². The Hall–Kier alpha value is -1.83. The van der Waals surface area contributed by atoms with Crippen LogP contribution in [0.3, 0.4) is 0 Å². The minimum absolute atomic E-state index is 0.190. The standard InChI is InChI=1S/C15H14FN/c16-14-7-5-11(6-8-14)13-4-3-12-2-1-9-17-15(12)10-13/h3-8,10,17H,1-2,9H2. The first kappa shape index (κ1) is 10.3. The number of fused-ring (bicyclic) bond motifs is 1. The lowest BCUT2D eigenvalue weighted by molar-refractivity contribution is 0.628. The Morgan fingerprint density at radius 3 is 2.53 bits per heavy atom. The summed E-state index contributed by atoms with van der Waals surface area (Å²) in [6, 6.07) is 13.1. The topological polar surface area (TPSA) is 12.0 Å². The second-order valence-corrected chi connectivity index (χ2v) is 4.41.